The molecule has 10 heteroatoms. The molecular formula is C25H23F3N4O3. The summed E-state index contributed by atoms with van der Waals surface area (Å²) >= 11 is 0. The SMILES string of the molecule is COc1ccc(-c2nc(C(=O)N[C@H](C)c3ccc(C)cc3)c(CN)o2)c2ccc(C(F)(F)F)nc12. The molecule has 0 saturated heterocycles. The van der Waals surface area contributed by atoms with E-state index in [9.17, 15) is 18.0 Å². The van der Waals surface area contributed by atoms with Crippen LogP contribution in [-0.2, 0) is 12.7 Å². The number of carbonyl (C=O) groups is 1. The molecule has 0 aliphatic rings. The van der Waals surface area contributed by atoms with Gasteiger partial charge in [-0.25, -0.2) is 9.97 Å². The number of pyridine rings is 1. The Labute approximate surface area is 199 Å². The van der Waals surface area contributed by atoms with Gasteiger partial charge in [-0.15, -0.1) is 0 Å². The highest BCUT2D eigenvalue weighted by molar-refractivity contribution is 5.98. The minimum Gasteiger partial charge on any atom is -0.494 e. The van der Waals surface area contributed by atoms with Crippen LogP contribution in [0.15, 0.2) is 52.9 Å². The second-order valence-corrected chi connectivity index (χ2v) is 8.01. The molecule has 0 radical (unpaired) electrons. The average Bonchev–Trinajstić information content (AvgIpc) is 3.27. The van der Waals surface area contributed by atoms with Crippen molar-refractivity contribution in [1.82, 2.24) is 15.3 Å². The topological polar surface area (TPSA) is 103 Å². The van der Waals surface area contributed by atoms with E-state index in [1.165, 1.54) is 19.2 Å². The quantitative estimate of drug-likeness (QED) is 0.391. The second-order valence-electron chi connectivity index (χ2n) is 8.01. The van der Waals surface area contributed by atoms with E-state index in [4.69, 9.17) is 14.9 Å². The molecule has 4 rings (SSSR count). The van der Waals surface area contributed by atoms with Crippen molar-refractivity contribution in [2.45, 2.75) is 32.6 Å². The number of fused-ring (bicyclic) bond motifs is 1. The Kier molecular flexibility index (Phi) is 6.49. The van der Waals surface area contributed by atoms with Crippen LogP contribution in [0.2, 0.25) is 0 Å². The van der Waals surface area contributed by atoms with Gasteiger partial charge in [-0.1, -0.05) is 29.8 Å². The zero-order valence-electron chi connectivity index (χ0n) is 19.2. The molecule has 3 N–H and O–H groups in total. The predicted octanol–water partition coefficient (Wildman–Crippen LogP) is 5.18. The highest BCUT2D eigenvalue weighted by Gasteiger charge is 2.33. The van der Waals surface area contributed by atoms with Gasteiger partial charge in [-0.05, 0) is 43.7 Å². The Bertz CT molecular complexity index is 1380. The Balaban J connectivity index is 1.72. The van der Waals surface area contributed by atoms with Gasteiger partial charge in [0.15, 0.2) is 11.5 Å². The third-order valence-corrected chi connectivity index (χ3v) is 5.58. The van der Waals surface area contributed by atoms with Crippen LogP contribution >= 0.6 is 0 Å². The molecule has 0 spiro atoms. The van der Waals surface area contributed by atoms with Crippen LogP contribution in [0.25, 0.3) is 22.4 Å². The van der Waals surface area contributed by atoms with Crippen molar-refractivity contribution < 1.29 is 27.1 Å². The van der Waals surface area contributed by atoms with Crippen LogP contribution in [-0.4, -0.2) is 23.0 Å². The summed E-state index contributed by atoms with van der Waals surface area (Å²) in [7, 11) is 1.34. The number of hydrogen-bond donors (Lipinski definition) is 2. The second kappa shape index (κ2) is 9.38. The van der Waals surface area contributed by atoms with Gasteiger partial charge in [0, 0.05) is 10.9 Å². The number of aromatic nitrogens is 2. The van der Waals surface area contributed by atoms with E-state index >= 15 is 0 Å². The lowest BCUT2D eigenvalue weighted by Crippen LogP contribution is -2.28. The predicted molar refractivity (Wildman–Crippen MR) is 124 cm³/mol. The van der Waals surface area contributed by atoms with E-state index in [1.807, 2.05) is 38.1 Å². The summed E-state index contributed by atoms with van der Waals surface area (Å²) in [5.41, 5.74) is 7.10. The van der Waals surface area contributed by atoms with Gasteiger partial charge in [-0.3, -0.25) is 4.79 Å². The van der Waals surface area contributed by atoms with Crippen LogP contribution in [0.4, 0.5) is 13.2 Å². The Morgan fingerprint density at radius 3 is 2.46 bits per heavy atom. The monoisotopic (exact) mass is 484 g/mol. The van der Waals surface area contributed by atoms with Crippen molar-refractivity contribution in [3.8, 4) is 17.2 Å². The van der Waals surface area contributed by atoms with E-state index in [2.05, 4.69) is 15.3 Å². The zero-order valence-corrected chi connectivity index (χ0v) is 19.2. The number of carbonyl (C=O) groups excluding carboxylic acids is 1. The number of methoxy groups -OCH3 is 1. The van der Waals surface area contributed by atoms with E-state index < -0.39 is 17.8 Å². The molecule has 4 aromatic rings. The van der Waals surface area contributed by atoms with Crippen LogP contribution in [0.1, 0.15) is 46.0 Å². The van der Waals surface area contributed by atoms with Gasteiger partial charge in [0.2, 0.25) is 5.89 Å². The molecule has 0 aliphatic carbocycles. The Morgan fingerprint density at radius 2 is 1.83 bits per heavy atom. The molecule has 0 aliphatic heterocycles. The van der Waals surface area contributed by atoms with E-state index in [0.29, 0.717) is 10.9 Å². The molecule has 0 fully saturated rings. The number of oxazole rings is 1. The summed E-state index contributed by atoms with van der Waals surface area (Å²) in [6, 6.07) is 12.6. The number of nitrogens with two attached hydrogens (primary N) is 1. The smallest absolute Gasteiger partial charge is 0.433 e. The summed E-state index contributed by atoms with van der Waals surface area (Å²) in [5.74, 6) is -0.139. The number of halogens is 3. The summed E-state index contributed by atoms with van der Waals surface area (Å²) in [6.45, 7) is 3.71. The van der Waals surface area contributed by atoms with Crippen molar-refractivity contribution in [3.05, 3.63) is 76.8 Å². The normalized spacial score (nSPS) is 12.5. The zero-order chi connectivity index (χ0) is 25.3. The lowest BCUT2D eigenvalue weighted by atomic mass is 10.1. The number of hydrogen-bond acceptors (Lipinski definition) is 6. The molecule has 1 amide bonds. The lowest BCUT2D eigenvalue weighted by molar-refractivity contribution is -0.140. The number of rotatable bonds is 6. The van der Waals surface area contributed by atoms with Crippen molar-refractivity contribution in [3.63, 3.8) is 0 Å². The number of nitrogens with zero attached hydrogens (tertiary/aromatic N) is 2. The van der Waals surface area contributed by atoms with Crippen LogP contribution < -0.4 is 15.8 Å². The molecule has 1 atom stereocenters. The van der Waals surface area contributed by atoms with Crippen molar-refractivity contribution in [2.75, 3.05) is 7.11 Å². The number of ether oxygens (including phenoxy) is 1. The molecule has 182 valence electrons. The van der Waals surface area contributed by atoms with Crippen LogP contribution in [0, 0.1) is 6.92 Å². The minimum atomic E-state index is -4.62. The van der Waals surface area contributed by atoms with Crippen molar-refractivity contribution in [2.24, 2.45) is 5.73 Å². The highest BCUT2D eigenvalue weighted by Crippen LogP contribution is 2.37. The van der Waals surface area contributed by atoms with Crippen molar-refractivity contribution >= 4 is 16.8 Å². The molecule has 2 heterocycles. The molecule has 2 aromatic carbocycles. The number of alkyl halides is 3. The fourth-order valence-electron chi connectivity index (χ4n) is 3.69. The van der Waals surface area contributed by atoms with Gasteiger partial charge in [-0.2, -0.15) is 13.2 Å². The summed E-state index contributed by atoms with van der Waals surface area (Å²) in [4.78, 5) is 21.1. The van der Waals surface area contributed by atoms with Gasteiger partial charge < -0.3 is 20.2 Å². The molecule has 0 unspecified atom stereocenters. The van der Waals surface area contributed by atoms with Crippen molar-refractivity contribution in [1.29, 1.82) is 0 Å². The van der Waals surface area contributed by atoms with Gasteiger partial charge in [0.25, 0.3) is 5.91 Å². The van der Waals surface area contributed by atoms with Crippen LogP contribution in [0.5, 0.6) is 5.75 Å². The first-order valence-electron chi connectivity index (χ1n) is 10.7. The first-order valence-corrected chi connectivity index (χ1v) is 10.7. The standard InChI is InChI=1S/C25H23F3N4O3/c1-13-4-6-15(7-5-13)14(2)30-23(33)22-19(12-29)35-24(32-22)17-8-10-18(34-3)21-16(17)9-11-20(31-21)25(26,27)28/h4-11,14H,12,29H2,1-3H3,(H,30,33)/t14-/m1/s1. The van der Waals surface area contributed by atoms with Gasteiger partial charge in [0.05, 0.1) is 19.7 Å². The molecule has 7 nitrogen and oxygen atoms in total. The number of aryl methyl sites for hydroxylation is 1. The van der Waals surface area contributed by atoms with Gasteiger partial charge >= 0.3 is 6.18 Å². The fraction of sp³-hybridized carbons (Fsp3) is 0.240. The third kappa shape index (κ3) is 4.83. The molecule has 0 saturated carbocycles. The highest BCUT2D eigenvalue weighted by atomic mass is 19.4. The average molecular weight is 484 g/mol. The maximum absolute atomic E-state index is 13.2. The largest absolute Gasteiger partial charge is 0.494 e. The Morgan fingerprint density at radius 1 is 1.11 bits per heavy atom. The summed E-state index contributed by atoms with van der Waals surface area (Å²) < 4.78 is 50.6. The molecule has 35 heavy (non-hydrogen) atoms. The lowest BCUT2D eigenvalue weighted by Gasteiger charge is -2.14. The van der Waals surface area contributed by atoms with E-state index in [0.717, 1.165) is 17.2 Å². The summed E-state index contributed by atoms with van der Waals surface area (Å²) in [5, 5.41) is 3.20. The number of benzene rings is 2. The Hall–Kier alpha value is -3.92. The third-order valence-electron chi connectivity index (χ3n) is 5.58. The van der Waals surface area contributed by atoms with Gasteiger partial charge in [0.1, 0.15) is 17.0 Å². The maximum Gasteiger partial charge on any atom is 0.433 e. The molecular weight excluding hydrogens is 461 g/mol. The molecule has 2 aromatic heterocycles. The number of amides is 1. The van der Waals surface area contributed by atoms with E-state index in [-0.39, 0.29) is 41.2 Å². The first kappa shape index (κ1) is 24.2. The summed E-state index contributed by atoms with van der Waals surface area (Å²) in [6.07, 6.45) is -4.62. The van der Waals surface area contributed by atoms with E-state index in [1.54, 1.807) is 6.07 Å². The van der Waals surface area contributed by atoms with Crippen LogP contribution in [0.3, 0.4) is 0 Å². The number of nitrogens with one attached hydrogen (secondary N) is 1. The minimum absolute atomic E-state index is 0.00491. The fourth-order valence-corrected chi connectivity index (χ4v) is 3.69. The molecule has 0 bridgehead atoms. The maximum atomic E-state index is 13.2. The first-order chi connectivity index (χ1) is 16.6.